The summed E-state index contributed by atoms with van der Waals surface area (Å²) in [5.74, 6) is -1.12. The van der Waals surface area contributed by atoms with E-state index in [4.69, 9.17) is 9.84 Å². The standard InChI is InChI=1S/C13H24N2O6.C2H6/c1-4-20-13(19)15-10(11(16)17)7-5-6-8-14-12(18)21-9(2)3;1-2/h9-10H,4-8H2,1-3H3,(H,14,18)(H,15,19)(H,16,17);1-2H3. The molecule has 0 fully saturated rings. The predicted octanol–water partition coefficient (Wildman–Crippen LogP) is 2.52. The molecule has 0 aromatic rings. The molecule has 2 amide bonds. The van der Waals surface area contributed by atoms with Crippen molar-refractivity contribution in [2.45, 2.75) is 66.0 Å². The van der Waals surface area contributed by atoms with Gasteiger partial charge in [0.25, 0.3) is 0 Å². The van der Waals surface area contributed by atoms with Gasteiger partial charge in [-0.15, -0.1) is 0 Å². The number of carboxylic acid groups (broad SMARTS) is 1. The Bertz CT molecular complexity index is 347. The third kappa shape index (κ3) is 14.7. The first kappa shape index (κ1) is 23.3. The van der Waals surface area contributed by atoms with Crippen molar-refractivity contribution in [2.24, 2.45) is 0 Å². The first-order valence-corrected chi connectivity index (χ1v) is 7.97. The van der Waals surface area contributed by atoms with Crippen LogP contribution in [0.1, 0.15) is 53.9 Å². The largest absolute Gasteiger partial charge is 0.480 e. The number of aliphatic carboxylic acids is 1. The Balaban J connectivity index is 0. The lowest BCUT2D eigenvalue weighted by atomic mass is 10.1. The van der Waals surface area contributed by atoms with Crippen LogP contribution in [0.2, 0.25) is 0 Å². The predicted molar refractivity (Wildman–Crippen MR) is 86.4 cm³/mol. The van der Waals surface area contributed by atoms with Gasteiger partial charge in [-0.1, -0.05) is 13.8 Å². The Kier molecular flexibility index (Phi) is 15.1. The maximum absolute atomic E-state index is 11.2. The van der Waals surface area contributed by atoms with Crippen molar-refractivity contribution in [1.29, 1.82) is 0 Å². The van der Waals surface area contributed by atoms with Gasteiger partial charge in [0.05, 0.1) is 12.7 Å². The summed E-state index contributed by atoms with van der Waals surface area (Å²) in [6.45, 7) is 9.70. The molecular formula is C15H30N2O6. The minimum atomic E-state index is -1.12. The number of alkyl carbamates (subject to hydrolysis) is 2. The van der Waals surface area contributed by atoms with E-state index in [0.717, 1.165) is 0 Å². The Hall–Kier alpha value is -1.99. The molecule has 0 spiro atoms. The van der Waals surface area contributed by atoms with Gasteiger partial charge < -0.3 is 25.2 Å². The number of hydrogen-bond donors (Lipinski definition) is 3. The zero-order valence-corrected chi connectivity index (χ0v) is 14.7. The van der Waals surface area contributed by atoms with E-state index >= 15 is 0 Å². The third-order valence-electron chi connectivity index (χ3n) is 2.40. The normalized spacial score (nSPS) is 10.9. The summed E-state index contributed by atoms with van der Waals surface area (Å²) in [4.78, 5) is 33.3. The molecule has 0 aromatic heterocycles. The van der Waals surface area contributed by atoms with E-state index in [0.29, 0.717) is 19.4 Å². The van der Waals surface area contributed by atoms with Crippen molar-refractivity contribution >= 4 is 18.2 Å². The molecule has 0 aliphatic heterocycles. The highest BCUT2D eigenvalue weighted by atomic mass is 16.6. The summed E-state index contributed by atoms with van der Waals surface area (Å²) in [6.07, 6.45) is -0.0508. The van der Waals surface area contributed by atoms with Crippen LogP contribution in [0, 0.1) is 0 Å². The van der Waals surface area contributed by atoms with Gasteiger partial charge in [0.15, 0.2) is 0 Å². The Morgan fingerprint density at radius 2 is 1.70 bits per heavy atom. The van der Waals surface area contributed by atoms with Crippen LogP contribution in [0.25, 0.3) is 0 Å². The summed E-state index contributed by atoms with van der Waals surface area (Å²) in [5.41, 5.74) is 0. The second-order valence-corrected chi connectivity index (χ2v) is 4.63. The minimum absolute atomic E-state index is 0.181. The summed E-state index contributed by atoms with van der Waals surface area (Å²) in [7, 11) is 0. The molecule has 3 N–H and O–H groups in total. The smallest absolute Gasteiger partial charge is 0.407 e. The first-order chi connectivity index (χ1) is 10.9. The summed E-state index contributed by atoms with van der Waals surface area (Å²) in [5, 5.41) is 13.8. The van der Waals surface area contributed by atoms with Crippen LogP contribution >= 0.6 is 0 Å². The zero-order valence-electron chi connectivity index (χ0n) is 14.7. The molecule has 0 rings (SSSR count). The van der Waals surface area contributed by atoms with Crippen LogP contribution in [-0.2, 0) is 14.3 Å². The molecule has 0 radical (unpaired) electrons. The van der Waals surface area contributed by atoms with Crippen molar-refractivity contribution in [1.82, 2.24) is 10.6 Å². The van der Waals surface area contributed by atoms with Crippen LogP contribution < -0.4 is 10.6 Å². The molecular weight excluding hydrogens is 304 g/mol. The van der Waals surface area contributed by atoms with Gasteiger partial charge in [0, 0.05) is 6.54 Å². The second kappa shape index (κ2) is 14.9. The van der Waals surface area contributed by atoms with Crippen LogP contribution in [0.4, 0.5) is 9.59 Å². The molecule has 8 heteroatoms. The molecule has 8 nitrogen and oxygen atoms in total. The van der Waals surface area contributed by atoms with Crippen LogP contribution in [-0.4, -0.2) is 48.6 Å². The maximum Gasteiger partial charge on any atom is 0.407 e. The van der Waals surface area contributed by atoms with Gasteiger partial charge in [-0.3, -0.25) is 0 Å². The van der Waals surface area contributed by atoms with Gasteiger partial charge in [-0.05, 0) is 40.0 Å². The fourth-order valence-corrected chi connectivity index (χ4v) is 1.49. The van der Waals surface area contributed by atoms with Crippen molar-refractivity contribution in [3.8, 4) is 0 Å². The van der Waals surface area contributed by atoms with Gasteiger partial charge in [0.2, 0.25) is 0 Å². The van der Waals surface area contributed by atoms with Crippen molar-refractivity contribution in [2.75, 3.05) is 13.2 Å². The number of rotatable bonds is 9. The highest BCUT2D eigenvalue weighted by molar-refractivity contribution is 5.79. The molecule has 1 atom stereocenters. The van der Waals surface area contributed by atoms with E-state index in [-0.39, 0.29) is 19.1 Å². The fourth-order valence-electron chi connectivity index (χ4n) is 1.49. The van der Waals surface area contributed by atoms with Gasteiger partial charge in [-0.2, -0.15) is 0 Å². The number of carbonyl (C=O) groups excluding carboxylic acids is 2. The van der Waals surface area contributed by atoms with E-state index in [1.165, 1.54) is 0 Å². The van der Waals surface area contributed by atoms with E-state index in [2.05, 4.69) is 15.4 Å². The first-order valence-electron chi connectivity index (χ1n) is 7.97. The highest BCUT2D eigenvalue weighted by Gasteiger charge is 2.19. The van der Waals surface area contributed by atoms with Gasteiger partial charge in [-0.25, -0.2) is 14.4 Å². The monoisotopic (exact) mass is 334 g/mol. The molecule has 1 unspecified atom stereocenters. The fraction of sp³-hybridized carbons (Fsp3) is 0.800. The molecule has 0 aromatic carbocycles. The molecule has 0 saturated carbocycles. The lowest BCUT2D eigenvalue weighted by molar-refractivity contribution is -0.139. The van der Waals surface area contributed by atoms with Gasteiger partial charge in [0.1, 0.15) is 6.04 Å². The lowest BCUT2D eigenvalue weighted by Gasteiger charge is -2.14. The molecule has 0 aliphatic carbocycles. The van der Waals surface area contributed by atoms with Crippen LogP contribution in [0.15, 0.2) is 0 Å². The SMILES string of the molecule is CC.CCOC(=O)NC(CCCCNC(=O)OC(C)C)C(=O)O. The number of ether oxygens (including phenoxy) is 2. The topological polar surface area (TPSA) is 114 Å². The Labute approximate surface area is 137 Å². The number of carbonyl (C=O) groups is 3. The Morgan fingerprint density at radius 1 is 1.09 bits per heavy atom. The molecule has 23 heavy (non-hydrogen) atoms. The summed E-state index contributed by atoms with van der Waals surface area (Å²) < 4.78 is 9.51. The molecule has 136 valence electrons. The third-order valence-corrected chi connectivity index (χ3v) is 2.40. The second-order valence-electron chi connectivity index (χ2n) is 4.63. The summed E-state index contributed by atoms with van der Waals surface area (Å²) in [6, 6.07) is -0.994. The molecule has 0 saturated heterocycles. The average Bonchev–Trinajstić information content (AvgIpc) is 2.47. The van der Waals surface area contributed by atoms with Crippen molar-refractivity contribution < 1.29 is 29.0 Å². The van der Waals surface area contributed by atoms with Crippen molar-refractivity contribution in [3.63, 3.8) is 0 Å². The average molecular weight is 334 g/mol. The zero-order chi connectivity index (χ0) is 18.3. The van der Waals surface area contributed by atoms with Crippen LogP contribution in [0.5, 0.6) is 0 Å². The number of nitrogens with one attached hydrogen (secondary N) is 2. The molecule has 0 bridgehead atoms. The number of amides is 2. The van der Waals surface area contributed by atoms with E-state index in [9.17, 15) is 14.4 Å². The van der Waals surface area contributed by atoms with Crippen molar-refractivity contribution in [3.05, 3.63) is 0 Å². The minimum Gasteiger partial charge on any atom is -0.480 e. The molecule has 0 heterocycles. The number of unbranched alkanes of at least 4 members (excludes halogenated alkanes) is 1. The van der Waals surface area contributed by atoms with Gasteiger partial charge >= 0.3 is 18.2 Å². The van der Waals surface area contributed by atoms with E-state index < -0.39 is 24.2 Å². The Morgan fingerprint density at radius 3 is 2.17 bits per heavy atom. The number of hydrogen-bond acceptors (Lipinski definition) is 5. The van der Waals surface area contributed by atoms with E-state index in [1.807, 2.05) is 13.8 Å². The lowest BCUT2D eigenvalue weighted by Crippen LogP contribution is -2.41. The quantitative estimate of drug-likeness (QED) is 0.558. The van der Waals surface area contributed by atoms with E-state index in [1.54, 1.807) is 20.8 Å². The number of carboxylic acids is 1. The summed E-state index contributed by atoms with van der Waals surface area (Å²) >= 11 is 0. The highest BCUT2D eigenvalue weighted by Crippen LogP contribution is 2.02. The molecule has 0 aliphatic rings. The van der Waals surface area contributed by atoms with Crippen LogP contribution in [0.3, 0.4) is 0 Å². The maximum atomic E-state index is 11.2.